The average molecular weight is 444 g/mol. The van der Waals surface area contributed by atoms with Crippen LogP contribution in [0.15, 0.2) is 30.9 Å². The Labute approximate surface area is 185 Å². The monoisotopic (exact) mass is 444 g/mol. The molecular weight excluding hydrogens is 416 g/mol. The number of carbonyl (C=O) groups is 1. The number of unbranched alkanes of at least 4 members (excludes halogenated alkanes) is 1. The molecule has 1 aromatic carbocycles. The number of hydrogen-bond acceptors (Lipinski definition) is 10. The van der Waals surface area contributed by atoms with Crippen LogP contribution in [0.3, 0.4) is 0 Å². The fraction of sp³-hybridized carbons (Fsp3) is 0.429. The first-order valence-electron chi connectivity index (χ1n) is 10.4. The van der Waals surface area contributed by atoms with Crippen molar-refractivity contribution in [3.63, 3.8) is 0 Å². The number of anilines is 1. The molecule has 32 heavy (non-hydrogen) atoms. The van der Waals surface area contributed by atoms with Gasteiger partial charge >= 0.3 is 5.97 Å². The molecule has 0 radical (unpaired) electrons. The van der Waals surface area contributed by atoms with E-state index in [1.165, 1.54) is 18.5 Å². The first kappa shape index (κ1) is 23.2. The fourth-order valence-electron chi connectivity index (χ4n) is 3.32. The van der Waals surface area contributed by atoms with Crippen molar-refractivity contribution >= 4 is 23.0 Å². The van der Waals surface area contributed by atoms with Crippen LogP contribution in [0.2, 0.25) is 0 Å². The molecule has 3 aromatic rings. The Morgan fingerprint density at radius 2 is 2.06 bits per heavy atom. The maximum atomic E-state index is 12.2. The number of aromatic nitrogens is 4. The average Bonchev–Trinajstić information content (AvgIpc) is 3.17. The number of imidazole rings is 1. The van der Waals surface area contributed by atoms with Crippen molar-refractivity contribution in [2.75, 3.05) is 32.0 Å². The number of hydrogen-bond donors (Lipinski definition) is 4. The number of benzene rings is 1. The number of aliphatic hydroxyl groups excluding tert-OH is 1. The normalized spacial score (nSPS) is 12.3. The van der Waals surface area contributed by atoms with Gasteiger partial charge in [0.25, 0.3) is 0 Å². The molecule has 172 valence electrons. The summed E-state index contributed by atoms with van der Waals surface area (Å²) in [6.07, 6.45) is 4.11. The Morgan fingerprint density at radius 3 is 2.84 bits per heavy atom. The van der Waals surface area contributed by atoms with Gasteiger partial charge in [-0.1, -0.05) is 13.3 Å². The zero-order valence-electron chi connectivity index (χ0n) is 17.9. The molecule has 1 unspecified atom stereocenters. The third-order valence-electron chi connectivity index (χ3n) is 4.97. The number of ether oxygens (including phenoxy) is 1. The summed E-state index contributed by atoms with van der Waals surface area (Å²) in [6.45, 7) is 3.90. The highest BCUT2D eigenvalue weighted by molar-refractivity contribution is 5.92. The third kappa shape index (κ3) is 5.83. The second-order valence-corrected chi connectivity index (χ2v) is 7.47. The summed E-state index contributed by atoms with van der Waals surface area (Å²) in [5.74, 6) is -0.839. The molecule has 1 atom stereocenters. The smallest absolute Gasteiger partial charge is 0.342 e. The highest BCUT2D eigenvalue weighted by Crippen LogP contribution is 2.22. The van der Waals surface area contributed by atoms with E-state index in [-0.39, 0.29) is 36.0 Å². The van der Waals surface area contributed by atoms with Gasteiger partial charge in [-0.25, -0.2) is 19.7 Å². The molecule has 0 fully saturated rings. The van der Waals surface area contributed by atoms with Gasteiger partial charge < -0.3 is 30.4 Å². The molecule has 3 rings (SSSR count). The molecule has 5 N–H and O–H groups in total. The topological polar surface area (TPSA) is 160 Å². The lowest BCUT2D eigenvalue weighted by Crippen LogP contribution is -2.37. The highest BCUT2D eigenvalue weighted by atomic mass is 16.5. The van der Waals surface area contributed by atoms with Crippen molar-refractivity contribution in [3.8, 4) is 11.5 Å². The van der Waals surface area contributed by atoms with Crippen LogP contribution in [0.25, 0.3) is 11.2 Å². The summed E-state index contributed by atoms with van der Waals surface area (Å²) < 4.78 is 6.98. The predicted octanol–water partition coefficient (Wildman–Crippen LogP) is 1.14. The molecule has 2 heterocycles. The minimum absolute atomic E-state index is 0.0716. The van der Waals surface area contributed by atoms with Crippen LogP contribution in [0.1, 0.15) is 30.1 Å². The first-order chi connectivity index (χ1) is 15.4. The van der Waals surface area contributed by atoms with Crippen LogP contribution in [0.4, 0.5) is 5.82 Å². The van der Waals surface area contributed by atoms with Crippen LogP contribution < -0.4 is 5.73 Å². The van der Waals surface area contributed by atoms with E-state index in [0.29, 0.717) is 24.3 Å². The van der Waals surface area contributed by atoms with Gasteiger partial charge in [-0.15, -0.1) is 0 Å². The van der Waals surface area contributed by atoms with E-state index in [0.717, 1.165) is 25.5 Å². The molecule has 0 amide bonds. The number of nitrogens with zero attached hydrogens (tertiary/aromatic N) is 5. The van der Waals surface area contributed by atoms with Gasteiger partial charge in [0.05, 0.1) is 19.0 Å². The molecular formula is C21H28N6O5. The van der Waals surface area contributed by atoms with Crippen molar-refractivity contribution < 1.29 is 24.9 Å². The summed E-state index contributed by atoms with van der Waals surface area (Å²) in [5.41, 5.74) is 6.75. The Kier molecular flexibility index (Phi) is 7.79. The van der Waals surface area contributed by atoms with Gasteiger partial charge in [-0.3, -0.25) is 4.90 Å². The lowest BCUT2D eigenvalue weighted by atomic mass is 10.2. The van der Waals surface area contributed by atoms with E-state index < -0.39 is 12.1 Å². The molecule has 0 saturated carbocycles. The van der Waals surface area contributed by atoms with Gasteiger partial charge in [0.15, 0.2) is 11.5 Å². The molecule has 0 spiro atoms. The van der Waals surface area contributed by atoms with Crippen molar-refractivity contribution in [1.29, 1.82) is 0 Å². The zero-order valence-corrected chi connectivity index (χ0v) is 17.9. The summed E-state index contributed by atoms with van der Waals surface area (Å²) in [7, 11) is 0. The number of nitrogen functional groups attached to an aromatic ring is 1. The van der Waals surface area contributed by atoms with Crippen LogP contribution in [0, 0.1) is 0 Å². The summed E-state index contributed by atoms with van der Waals surface area (Å²) in [5, 5.41) is 29.9. The number of fused-ring (bicyclic) bond motifs is 1. The number of esters is 1. The van der Waals surface area contributed by atoms with E-state index in [9.17, 15) is 20.1 Å². The number of aromatic hydroxyl groups is 2. The van der Waals surface area contributed by atoms with Crippen LogP contribution in [0.5, 0.6) is 11.5 Å². The largest absolute Gasteiger partial charge is 0.508 e. The van der Waals surface area contributed by atoms with Crippen molar-refractivity contribution in [2.24, 2.45) is 0 Å². The second-order valence-electron chi connectivity index (χ2n) is 7.47. The minimum atomic E-state index is -0.725. The predicted molar refractivity (Wildman–Crippen MR) is 117 cm³/mol. The van der Waals surface area contributed by atoms with Crippen LogP contribution in [-0.2, 0) is 11.3 Å². The Balaban J connectivity index is 1.56. The molecule has 11 nitrogen and oxygen atoms in total. The van der Waals surface area contributed by atoms with Gasteiger partial charge in [0, 0.05) is 13.1 Å². The van der Waals surface area contributed by atoms with E-state index in [1.54, 1.807) is 10.9 Å². The molecule has 0 aliphatic rings. The number of nitrogens with two attached hydrogens (primary N) is 1. The first-order valence-corrected chi connectivity index (χ1v) is 10.4. The Morgan fingerprint density at radius 1 is 1.25 bits per heavy atom. The summed E-state index contributed by atoms with van der Waals surface area (Å²) in [4.78, 5) is 26.5. The van der Waals surface area contributed by atoms with Crippen LogP contribution in [-0.4, -0.2) is 78.1 Å². The SMILES string of the molecule is CCCCN(CCOC(=O)c1cc(O)ccc1O)CC(O)Cn1cnc2c(N)ncnc21. The van der Waals surface area contributed by atoms with Gasteiger partial charge in [0.1, 0.15) is 35.5 Å². The number of carbonyl (C=O) groups excluding carboxylic acids is 1. The molecule has 2 aromatic heterocycles. The standard InChI is InChI=1S/C21H28N6O5/c1-2-3-6-26(7-8-32-21(31)16-9-14(28)4-5-17(16)30)10-15(29)11-27-13-25-18-19(22)23-12-24-20(18)27/h4-5,9,12-13,15,28-30H,2-3,6-8,10-11H2,1H3,(H2,22,23,24). The molecule has 0 bridgehead atoms. The maximum Gasteiger partial charge on any atom is 0.342 e. The van der Waals surface area contributed by atoms with Crippen molar-refractivity contribution in [3.05, 3.63) is 36.4 Å². The van der Waals surface area contributed by atoms with Crippen LogP contribution >= 0.6 is 0 Å². The number of aliphatic hydroxyl groups is 1. The molecule has 11 heteroatoms. The Bertz CT molecular complexity index is 1060. The maximum absolute atomic E-state index is 12.2. The molecule has 0 aliphatic carbocycles. The number of phenols is 2. The lowest BCUT2D eigenvalue weighted by molar-refractivity contribution is 0.0409. The quantitative estimate of drug-likeness (QED) is 0.249. The third-order valence-corrected chi connectivity index (χ3v) is 4.97. The van der Waals surface area contributed by atoms with Gasteiger partial charge in [0.2, 0.25) is 0 Å². The lowest BCUT2D eigenvalue weighted by Gasteiger charge is -2.25. The van der Waals surface area contributed by atoms with E-state index in [2.05, 4.69) is 21.9 Å². The number of phenolic OH excluding ortho intramolecular Hbond substituents is 2. The van der Waals surface area contributed by atoms with Gasteiger partial charge in [-0.2, -0.15) is 0 Å². The van der Waals surface area contributed by atoms with E-state index in [1.807, 2.05) is 4.90 Å². The summed E-state index contributed by atoms with van der Waals surface area (Å²) in [6, 6.07) is 3.67. The second kappa shape index (κ2) is 10.7. The van der Waals surface area contributed by atoms with Gasteiger partial charge in [-0.05, 0) is 31.2 Å². The highest BCUT2D eigenvalue weighted by Gasteiger charge is 2.17. The summed E-state index contributed by atoms with van der Waals surface area (Å²) >= 11 is 0. The van der Waals surface area contributed by atoms with Crippen molar-refractivity contribution in [2.45, 2.75) is 32.4 Å². The Hall–Kier alpha value is -3.44. The molecule has 0 aliphatic heterocycles. The zero-order chi connectivity index (χ0) is 23.1. The molecule has 0 saturated heterocycles. The van der Waals surface area contributed by atoms with E-state index in [4.69, 9.17) is 10.5 Å². The minimum Gasteiger partial charge on any atom is -0.508 e. The van der Waals surface area contributed by atoms with Crippen molar-refractivity contribution in [1.82, 2.24) is 24.4 Å². The fourth-order valence-corrected chi connectivity index (χ4v) is 3.32. The van der Waals surface area contributed by atoms with E-state index >= 15 is 0 Å². The number of rotatable bonds is 11.